The summed E-state index contributed by atoms with van der Waals surface area (Å²) in [7, 11) is 2.60. The minimum absolute atomic E-state index is 0.103. The summed E-state index contributed by atoms with van der Waals surface area (Å²) >= 11 is 6.30. The molecule has 4 aromatic rings. The molecule has 2 aromatic carbocycles. The van der Waals surface area contributed by atoms with E-state index in [0.717, 1.165) is 35.2 Å². The van der Waals surface area contributed by atoms with Crippen molar-refractivity contribution in [3.05, 3.63) is 71.0 Å². The zero-order valence-electron chi connectivity index (χ0n) is 18.9. The maximum atomic E-state index is 14.0. The largest absolute Gasteiger partial charge is 0.573 e. The number of hydrogen-bond acceptors (Lipinski definition) is 5. The van der Waals surface area contributed by atoms with Gasteiger partial charge in [0.05, 0.1) is 12.8 Å². The first-order valence-electron chi connectivity index (χ1n) is 10.2. The average Bonchev–Trinajstić information content (AvgIpc) is 3.17. The van der Waals surface area contributed by atoms with E-state index in [1.54, 1.807) is 18.2 Å². The van der Waals surface area contributed by atoms with Gasteiger partial charge < -0.3 is 14.4 Å². The van der Waals surface area contributed by atoms with Crippen molar-refractivity contribution < 1.29 is 40.6 Å². The van der Waals surface area contributed by atoms with Crippen molar-refractivity contribution in [2.24, 2.45) is 0 Å². The topological polar surface area (TPSA) is 69.0 Å². The summed E-state index contributed by atoms with van der Waals surface area (Å²) in [5.74, 6) is -1.19. The quantitative estimate of drug-likeness (QED) is 0.278. The molecule has 7 nitrogen and oxygen atoms in total. The van der Waals surface area contributed by atoms with Gasteiger partial charge in [-0.25, -0.2) is 9.50 Å². The minimum atomic E-state index is -4.90. The third-order valence-electron chi connectivity index (χ3n) is 5.17. The van der Waals surface area contributed by atoms with Crippen molar-refractivity contribution in [2.75, 3.05) is 19.1 Å². The number of rotatable bonds is 5. The number of fused-ring (bicyclic) bond motifs is 1. The molecule has 2 heterocycles. The number of hydrogen-bond donors (Lipinski definition) is 0. The SMILES string of the molecule is COc1ccccc1-c1cc(C(F)(F)F)n2nc(C(=O)N(C)c3ccc(OC(F)(F)F)cc3)c(Cl)c2n1. The molecule has 2 aromatic heterocycles. The lowest BCUT2D eigenvalue weighted by molar-refractivity contribution is -0.274. The van der Waals surface area contributed by atoms with E-state index < -0.39 is 46.3 Å². The summed E-state index contributed by atoms with van der Waals surface area (Å²) < 4.78 is 88.5. The van der Waals surface area contributed by atoms with E-state index in [4.69, 9.17) is 16.3 Å². The molecule has 0 N–H and O–H groups in total. The number of alkyl halides is 6. The average molecular weight is 545 g/mol. The van der Waals surface area contributed by atoms with Crippen LogP contribution in [0.4, 0.5) is 32.0 Å². The summed E-state index contributed by atoms with van der Waals surface area (Å²) in [6.07, 6.45) is -9.80. The molecule has 0 unspecified atom stereocenters. The van der Waals surface area contributed by atoms with Gasteiger partial charge in [-0.3, -0.25) is 4.79 Å². The fourth-order valence-corrected chi connectivity index (χ4v) is 3.71. The van der Waals surface area contributed by atoms with Gasteiger partial charge in [-0.2, -0.15) is 18.3 Å². The van der Waals surface area contributed by atoms with Crippen LogP contribution in [0, 0.1) is 0 Å². The zero-order chi connectivity index (χ0) is 27.1. The van der Waals surface area contributed by atoms with Crippen LogP contribution < -0.4 is 14.4 Å². The number of carbonyl (C=O) groups excluding carboxylic acids is 1. The van der Waals surface area contributed by atoms with Gasteiger partial charge in [0, 0.05) is 18.3 Å². The van der Waals surface area contributed by atoms with Crippen LogP contribution in [-0.2, 0) is 6.18 Å². The molecule has 194 valence electrons. The molecule has 0 bridgehead atoms. The molecule has 0 atom stereocenters. The normalized spacial score (nSPS) is 12.0. The number of halogens is 7. The Morgan fingerprint density at radius 3 is 2.27 bits per heavy atom. The number of carbonyl (C=O) groups is 1. The highest BCUT2D eigenvalue weighted by molar-refractivity contribution is 6.37. The van der Waals surface area contributed by atoms with Gasteiger partial charge in [0.15, 0.2) is 17.0 Å². The number of aromatic nitrogens is 3. The monoisotopic (exact) mass is 544 g/mol. The van der Waals surface area contributed by atoms with Crippen molar-refractivity contribution in [2.45, 2.75) is 12.5 Å². The second-order valence-electron chi connectivity index (χ2n) is 7.53. The van der Waals surface area contributed by atoms with Gasteiger partial charge >= 0.3 is 12.5 Å². The lowest BCUT2D eigenvalue weighted by atomic mass is 10.1. The van der Waals surface area contributed by atoms with E-state index in [-0.39, 0.29) is 22.7 Å². The Morgan fingerprint density at radius 2 is 1.68 bits per heavy atom. The lowest BCUT2D eigenvalue weighted by Crippen LogP contribution is -2.27. The zero-order valence-corrected chi connectivity index (χ0v) is 19.6. The maximum absolute atomic E-state index is 14.0. The van der Waals surface area contributed by atoms with E-state index in [0.29, 0.717) is 4.52 Å². The standard InChI is InChI=1S/C23H15ClF6N4O3/c1-33(12-7-9-13(10-8-12)37-23(28,29)30)21(35)19-18(24)20-31-15(14-5-3-4-6-16(14)36-2)11-17(22(25,26)27)34(20)32-19/h3-11H,1-2H3. The first kappa shape index (κ1) is 26.1. The van der Waals surface area contributed by atoms with Crippen LogP contribution in [0.5, 0.6) is 11.5 Å². The van der Waals surface area contributed by atoms with Crippen molar-refractivity contribution in [1.29, 1.82) is 0 Å². The predicted octanol–water partition coefficient (Wildman–Crippen LogP) is 6.25. The molecule has 4 rings (SSSR count). The molecule has 0 radical (unpaired) electrons. The fourth-order valence-electron chi connectivity index (χ4n) is 3.47. The summed E-state index contributed by atoms with van der Waals surface area (Å²) in [6.45, 7) is 0. The van der Waals surface area contributed by atoms with Crippen molar-refractivity contribution in [3.63, 3.8) is 0 Å². The number of benzene rings is 2. The van der Waals surface area contributed by atoms with E-state index in [1.165, 1.54) is 20.2 Å². The Kier molecular flexibility index (Phi) is 6.67. The fraction of sp³-hybridized carbons (Fsp3) is 0.174. The van der Waals surface area contributed by atoms with Crippen molar-refractivity contribution >= 4 is 28.8 Å². The molecule has 0 aliphatic carbocycles. The number of amides is 1. The van der Waals surface area contributed by atoms with Crippen LogP contribution in [0.15, 0.2) is 54.6 Å². The van der Waals surface area contributed by atoms with E-state index in [9.17, 15) is 31.1 Å². The van der Waals surface area contributed by atoms with Crippen LogP contribution in [-0.4, -0.2) is 41.0 Å². The first-order chi connectivity index (χ1) is 17.3. The number of para-hydroxylation sites is 1. The van der Waals surface area contributed by atoms with Gasteiger partial charge in [-0.15, -0.1) is 13.2 Å². The number of nitrogens with zero attached hydrogens (tertiary/aromatic N) is 4. The first-order valence-corrected chi connectivity index (χ1v) is 10.6. The molecule has 0 fully saturated rings. The Labute approximate surface area is 209 Å². The molecular formula is C23H15ClF6N4O3. The molecule has 0 aliphatic rings. The third kappa shape index (κ3) is 5.26. The van der Waals surface area contributed by atoms with Gasteiger partial charge in [-0.05, 0) is 42.5 Å². The van der Waals surface area contributed by atoms with E-state index >= 15 is 0 Å². The number of anilines is 1. The summed E-state index contributed by atoms with van der Waals surface area (Å²) in [5.41, 5.74) is -1.98. The highest BCUT2D eigenvalue weighted by Crippen LogP contribution is 2.37. The molecule has 0 spiro atoms. The Bertz CT molecular complexity index is 1470. The molecule has 0 aliphatic heterocycles. The molecule has 1 amide bonds. The Morgan fingerprint density at radius 1 is 1.03 bits per heavy atom. The smallest absolute Gasteiger partial charge is 0.496 e. The van der Waals surface area contributed by atoms with Crippen LogP contribution in [0.2, 0.25) is 5.02 Å². The highest BCUT2D eigenvalue weighted by Gasteiger charge is 2.37. The van der Waals surface area contributed by atoms with Crippen molar-refractivity contribution in [1.82, 2.24) is 14.6 Å². The molecule has 14 heteroatoms. The second kappa shape index (κ2) is 9.47. The minimum Gasteiger partial charge on any atom is -0.496 e. The van der Waals surface area contributed by atoms with Crippen molar-refractivity contribution in [3.8, 4) is 22.8 Å². The third-order valence-corrected chi connectivity index (χ3v) is 5.52. The van der Waals surface area contributed by atoms with Crippen LogP contribution >= 0.6 is 11.6 Å². The molecule has 0 saturated heterocycles. The Hall–Kier alpha value is -4.00. The van der Waals surface area contributed by atoms with E-state index in [2.05, 4.69) is 14.8 Å². The molecule has 37 heavy (non-hydrogen) atoms. The van der Waals surface area contributed by atoms with Gasteiger partial charge in [-0.1, -0.05) is 23.7 Å². The summed E-state index contributed by atoms with van der Waals surface area (Å²) in [5, 5.41) is 3.33. The summed E-state index contributed by atoms with van der Waals surface area (Å²) in [6, 6.07) is 11.3. The lowest BCUT2D eigenvalue weighted by Gasteiger charge is -2.17. The maximum Gasteiger partial charge on any atom is 0.573 e. The molecular weight excluding hydrogens is 530 g/mol. The highest BCUT2D eigenvalue weighted by atomic mass is 35.5. The molecule has 0 saturated carbocycles. The van der Waals surface area contributed by atoms with Gasteiger partial charge in [0.25, 0.3) is 5.91 Å². The predicted molar refractivity (Wildman–Crippen MR) is 121 cm³/mol. The van der Waals surface area contributed by atoms with E-state index in [1.807, 2.05) is 0 Å². The van der Waals surface area contributed by atoms with Crippen LogP contribution in [0.1, 0.15) is 16.2 Å². The number of methoxy groups -OCH3 is 1. The summed E-state index contributed by atoms with van der Waals surface area (Å²) in [4.78, 5) is 18.3. The Balaban J connectivity index is 1.78. The van der Waals surface area contributed by atoms with Gasteiger partial charge in [0.1, 0.15) is 16.5 Å². The van der Waals surface area contributed by atoms with Gasteiger partial charge in [0.2, 0.25) is 0 Å². The van der Waals surface area contributed by atoms with Crippen LogP contribution in [0.25, 0.3) is 16.9 Å². The number of ether oxygens (including phenoxy) is 2. The van der Waals surface area contributed by atoms with Crippen LogP contribution in [0.3, 0.4) is 0 Å². The second-order valence-corrected chi connectivity index (χ2v) is 7.91.